The summed E-state index contributed by atoms with van der Waals surface area (Å²) in [6, 6.07) is 12.5. The van der Waals surface area contributed by atoms with Gasteiger partial charge in [-0.15, -0.1) is 0 Å². The van der Waals surface area contributed by atoms with Gasteiger partial charge in [0.05, 0.1) is 17.5 Å². The van der Waals surface area contributed by atoms with E-state index >= 15 is 0 Å². The number of carbonyl (C=O) groups is 1. The molecule has 0 N–H and O–H groups in total. The maximum atomic E-state index is 13.7. The molecule has 5 rings (SSSR count). The smallest absolute Gasteiger partial charge is 0.259 e. The molecule has 1 aliphatic heterocycles. The van der Waals surface area contributed by atoms with Crippen LogP contribution in [0, 0.1) is 0 Å². The van der Waals surface area contributed by atoms with Crippen molar-refractivity contribution in [3.05, 3.63) is 64.4 Å². The highest BCUT2D eigenvalue weighted by Gasteiger charge is 2.30. The molecule has 0 bridgehead atoms. The molecular formula is C30H38N4O5S. The average molecular weight is 567 g/mol. The van der Waals surface area contributed by atoms with Gasteiger partial charge in [-0.3, -0.25) is 9.59 Å². The summed E-state index contributed by atoms with van der Waals surface area (Å²) in [5, 5.41) is 0.252. The van der Waals surface area contributed by atoms with Gasteiger partial charge in [0.2, 0.25) is 15.5 Å². The van der Waals surface area contributed by atoms with Crippen LogP contribution in [0.3, 0.4) is 0 Å². The molecule has 3 aromatic rings. The summed E-state index contributed by atoms with van der Waals surface area (Å²) >= 11 is 0. The molecular weight excluding hydrogens is 528 g/mol. The lowest BCUT2D eigenvalue weighted by Gasteiger charge is -2.36. The molecule has 0 spiro atoms. The second-order valence-corrected chi connectivity index (χ2v) is 12.6. The lowest BCUT2D eigenvalue weighted by atomic mass is 9.96. The lowest BCUT2D eigenvalue weighted by Crippen LogP contribution is -2.49. The van der Waals surface area contributed by atoms with Gasteiger partial charge in [0.25, 0.3) is 5.91 Å². The van der Waals surface area contributed by atoms with Gasteiger partial charge in [-0.25, -0.2) is 8.42 Å². The van der Waals surface area contributed by atoms with Crippen LogP contribution >= 0.6 is 0 Å². The fourth-order valence-corrected chi connectivity index (χ4v) is 7.33. The first-order chi connectivity index (χ1) is 19.2. The van der Waals surface area contributed by atoms with E-state index in [4.69, 9.17) is 4.74 Å². The summed E-state index contributed by atoms with van der Waals surface area (Å²) < 4.78 is 35.6. The first-order valence-corrected chi connectivity index (χ1v) is 15.5. The predicted molar refractivity (Wildman–Crippen MR) is 157 cm³/mol. The second-order valence-electron chi connectivity index (χ2n) is 10.6. The summed E-state index contributed by atoms with van der Waals surface area (Å²) in [6.07, 6.45) is 6.47. The number of rotatable bonds is 7. The van der Waals surface area contributed by atoms with Crippen molar-refractivity contribution in [1.82, 2.24) is 13.8 Å². The highest BCUT2D eigenvalue weighted by atomic mass is 32.2. The maximum absolute atomic E-state index is 13.7. The summed E-state index contributed by atoms with van der Waals surface area (Å²) in [7, 11) is -0.517. The first-order valence-electron chi connectivity index (χ1n) is 14.1. The number of hydrogen-bond acceptors (Lipinski definition) is 6. The molecule has 1 aromatic heterocycles. The van der Waals surface area contributed by atoms with E-state index in [0.717, 1.165) is 43.5 Å². The fourth-order valence-electron chi connectivity index (χ4n) is 5.89. The third-order valence-electron chi connectivity index (χ3n) is 8.39. The Hall–Kier alpha value is -3.37. The van der Waals surface area contributed by atoms with Gasteiger partial charge in [0.15, 0.2) is 0 Å². The minimum absolute atomic E-state index is 0.0359. The fraction of sp³-hybridized carbons (Fsp3) is 0.467. The Bertz CT molecular complexity index is 1540. The van der Waals surface area contributed by atoms with Gasteiger partial charge < -0.3 is 19.1 Å². The lowest BCUT2D eigenvalue weighted by molar-refractivity contribution is 0.0745. The molecule has 9 nitrogen and oxygen atoms in total. The van der Waals surface area contributed by atoms with Gasteiger partial charge >= 0.3 is 0 Å². The Kier molecular flexibility index (Phi) is 8.19. The Morgan fingerprint density at radius 2 is 1.68 bits per heavy atom. The molecule has 2 aliphatic rings. The van der Waals surface area contributed by atoms with Crippen molar-refractivity contribution in [2.24, 2.45) is 0 Å². The predicted octanol–water partition coefficient (Wildman–Crippen LogP) is 3.95. The number of aromatic nitrogens is 1. The first kappa shape index (κ1) is 28.2. The van der Waals surface area contributed by atoms with E-state index in [1.54, 1.807) is 37.4 Å². The maximum Gasteiger partial charge on any atom is 0.259 e. The number of benzene rings is 2. The van der Waals surface area contributed by atoms with E-state index in [-0.39, 0.29) is 27.8 Å². The number of amides is 1. The number of hydrogen-bond donors (Lipinski definition) is 0. The van der Waals surface area contributed by atoms with E-state index in [0.29, 0.717) is 38.2 Å². The number of methoxy groups -OCH3 is 1. The molecule has 40 heavy (non-hydrogen) atoms. The van der Waals surface area contributed by atoms with Crippen LogP contribution in [0.5, 0.6) is 5.75 Å². The summed E-state index contributed by atoms with van der Waals surface area (Å²) in [4.78, 5) is 31.3. The Morgan fingerprint density at radius 3 is 2.30 bits per heavy atom. The topological polar surface area (TPSA) is 92.2 Å². The zero-order valence-corrected chi connectivity index (χ0v) is 24.3. The largest absolute Gasteiger partial charge is 0.497 e. The molecule has 2 heterocycles. The summed E-state index contributed by atoms with van der Waals surface area (Å²) in [5.41, 5.74) is 1.31. The third kappa shape index (κ3) is 5.34. The highest BCUT2D eigenvalue weighted by molar-refractivity contribution is 7.89. The minimum Gasteiger partial charge on any atom is -0.497 e. The normalized spacial score (nSPS) is 17.0. The molecule has 0 atom stereocenters. The number of piperazine rings is 1. The van der Waals surface area contributed by atoms with Gasteiger partial charge in [0, 0.05) is 63.1 Å². The van der Waals surface area contributed by atoms with E-state index < -0.39 is 15.5 Å². The van der Waals surface area contributed by atoms with Crippen LogP contribution in [0.15, 0.2) is 58.4 Å². The summed E-state index contributed by atoms with van der Waals surface area (Å²) in [5.74, 6) is 0.466. The molecule has 1 saturated carbocycles. The molecule has 2 aromatic carbocycles. The van der Waals surface area contributed by atoms with E-state index in [9.17, 15) is 18.0 Å². The molecule has 1 amide bonds. The minimum atomic E-state index is -3.78. The number of fused-ring (bicyclic) bond motifs is 1. The average Bonchev–Trinajstić information content (AvgIpc) is 3.01. The SMILES string of the molecule is CCn1cc(C(=O)N2CCN(c3ccc(OC)cc3)CC2)c(=O)c2cc(S(=O)(=O)N(C)C3CCCCC3)ccc21. The van der Waals surface area contributed by atoms with Crippen LogP contribution in [0.25, 0.3) is 10.9 Å². The molecule has 1 saturated heterocycles. The van der Waals surface area contributed by atoms with Crippen LogP contribution in [0.4, 0.5) is 5.69 Å². The van der Waals surface area contributed by atoms with Crippen molar-refractivity contribution < 1.29 is 17.9 Å². The zero-order chi connectivity index (χ0) is 28.4. The van der Waals surface area contributed by atoms with Gasteiger partial charge in [-0.05, 0) is 62.2 Å². The van der Waals surface area contributed by atoms with E-state index in [2.05, 4.69) is 4.90 Å². The van der Waals surface area contributed by atoms with Gasteiger partial charge in [-0.2, -0.15) is 4.31 Å². The molecule has 1 aliphatic carbocycles. The standard InChI is InChI=1S/C30H38N4O5S/c1-4-32-21-27(30(36)34-18-16-33(17-19-34)23-10-12-24(39-3)13-11-23)29(35)26-20-25(14-15-28(26)32)40(37,38)31(2)22-8-6-5-7-9-22/h10-15,20-22H,4-9,16-19H2,1-3H3. The van der Waals surface area contributed by atoms with Crippen LogP contribution in [0.1, 0.15) is 49.4 Å². The van der Waals surface area contributed by atoms with Gasteiger partial charge in [0.1, 0.15) is 11.3 Å². The number of pyridine rings is 1. The number of nitrogens with zero attached hydrogens (tertiary/aromatic N) is 4. The van der Waals surface area contributed by atoms with Crippen LogP contribution < -0.4 is 15.1 Å². The van der Waals surface area contributed by atoms with E-state index in [1.807, 2.05) is 35.8 Å². The second kappa shape index (κ2) is 11.6. The van der Waals surface area contributed by atoms with Crippen LogP contribution in [0.2, 0.25) is 0 Å². The number of carbonyl (C=O) groups excluding carboxylic acids is 1. The van der Waals surface area contributed by atoms with Crippen molar-refractivity contribution in [3.63, 3.8) is 0 Å². The molecule has 10 heteroatoms. The monoisotopic (exact) mass is 566 g/mol. The zero-order valence-electron chi connectivity index (χ0n) is 23.5. The van der Waals surface area contributed by atoms with Crippen LogP contribution in [-0.2, 0) is 16.6 Å². The van der Waals surface area contributed by atoms with Crippen molar-refractivity contribution in [3.8, 4) is 5.75 Å². The quantitative estimate of drug-likeness (QED) is 0.430. The Labute approximate surface area is 236 Å². The van der Waals surface area contributed by atoms with Crippen molar-refractivity contribution >= 4 is 32.5 Å². The third-order valence-corrected chi connectivity index (χ3v) is 10.3. The van der Waals surface area contributed by atoms with Crippen LogP contribution in [-0.4, -0.2) is 74.5 Å². The molecule has 214 valence electrons. The number of sulfonamides is 1. The molecule has 0 unspecified atom stereocenters. The van der Waals surface area contributed by atoms with Gasteiger partial charge in [-0.1, -0.05) is 19.3 Å². The van der Waals surface area contributed by atoms with E-state index in [1.165, 1.54) is 10.4 Å². The highest BCUT2D eigenvalue weighted by Crippen LogP contribution is 2.28. The number of aryl methyl sites for hydroxylation is 1. The summed E-state index contributed by atoms with van der Waals surface area (Å²) in [6.45, 7) is 4.72. The van der Waals surface area contributed by atoms with Crippen molar-refractivity contribution in [2.45, 2.75) is 56.5 Å². The molecule has 2 fully saturated rings. The number of anilines is 1. The van der Waals surface area contributed by atoms with Crippen molar-refractivity contribution in [1.29, 1.82) is 0 Å². The Balaban J connectivity index is 1.41. The van der Waals surface area contributed by atoms with Crippen molar-refractivity contribution in [2.75, 3.05) is 45.2 Å². The Morgan fingerprint density at radius 1 is 1.00 bits per heavy atom. The molecule has 0 radical (unpaired) electrons. The number of ether oxygens (including phenoxy) is 1.